The molecule has 3 rings (SSSR count). The molecule has 0 spiro atoms. The normalized spacial score (nSPS) is 21.9. The molecule has 19 heavy (non-hydrogen) atoms. The molecule has 0 radical (unpaired) electrons. The summed E-state index contributed by atoms with van der Waals surface area (Å²) in [5.74, 6) is -0.329. The minimum atomic E-state index is -1.66. The molecule has 0 fully saturated rings. The number of rotatable bonds is 2. The first kappa shape index (κ1) is 11.7. The lowest BCUT2D eigenvalue weighted by Gasteiger charge is -2.22. The molecular formula is C16H13NO2. The maximum Gasteiger partial charge on any atom is 0.227 e. The van der Waals surface area contributed by atoms with E-state index in [9.17, 15) is 9.90 Å². The number of hydrogen-bond donors (Lipinski definition) is 2. The molecule has 2 aromatic carbocycles. The fourth-order valence-electron chi connectivity index (χ4n) is 2.23. The highest BCUT2D eigenvalue weighted by molar-refractivity contribution is 6.26. The van der Waals surface area contributed by atoms with Crippen molar-refractivity contribution in [3.63, 3.8) is 0 Å². The second-order valence-electron chi connectivity index (χ2n) is 4.47. The average molecular weight is 251 g/mol. The summed E-state index contributed by atoms with van der Waals surface area (Å²) >= 11 is 0. The molecule has 3 nitrogen and oxygen atoms in total. The van der Waals surface area contributed by atoms with Crippen molar-refractivity contribution in [1.82, 2.24) is 5.32 Å². The van der Waals surface area contributed by atoms with E-state index >= 15 is 0 Å². The Balaban J connectivity index is 1.98. The summed E-state index contributed by atoms with van der Waals surface area (Å²) in [6.45, 7) is 0. The average Bonchev–Trinajstić information content (AvgIpc) is 2.78. The fourth-order valence-corrected chi connectivity index (χ4v) is 2.23. The summed E-state index contributed by atoms with van der Waals surface area (Å²) < 4.78 is 0. The van der Waals surface area contributed by atoms with E-state index in [1.165, 1.54) is 0 Å². The maximum absolute atomic E-state index is 12.4. The van der Waals surface area contributed by atoms with Gasteiger partial charge in [-0.3, -0.25) is 4.79 Å². The maximum atomic E-state index is 12.4. The van der Waals surface area contributed by atoms with Crippen molar-refractivity contribution in [2.24, 2.45) is 0 Å². The van der Waals surface area contributed by atoms with E-state index < -0.39 is 5.72 Å². The van der Waals surface area contributed by atoms with Gasteiger partial charge in [0, 0.05) is 17.3 Å². The zero-order chi connectivity index (χ0) is 13.3. The van der Waals surface area contributed by atoms with Gasteiger partial charge >= 0.3 is 0 Å². The zero-order valence-electron chi connectivity index (χ0n) is 10.2. The van der Waals surface area contributed by atoms with Crippen LogP contribution in [0.1, 0.15) is 11.1 Å². The molecule has 1 aliphatic heterocycles. The highest BCUT2D eigenvalue weighted by atomic mass is 16.3. The van der Waals surface area contributed by atoms with Crippen molar-refractivity contribution in [3.8, 4) is 0 Å². The van der Waals surface area contributed by atoms with Gasteiger partial charge in [-0.1, -0.05) is 60.7 Å². The Morgan fingerprint density at radius 3 is 2.11 bits per heavy atom. The highest BCUT2D eigenvalue weighted by Gasteiger charge is 2.43. The molecule has 0 aromatic heterocycles. The van der Waals surface area contributed by atoms with Crippen LogP contribution in [0.5, 0.6) is 0 Å². The Bertz CT molecular complexity index is 634. The van der Waals surface area contributed by atoms with Gasteiger partial charge in [-0.2, -0.15) is 0 Å². The molecule has 1 aliphatic rings. The summed E-state index contributed by atoms with van der Waals surface area (Å²) in [5, 5.41) is 13.3. The van der Waals surface area contributed by atoms with Crippen LogP contribution in [-0.4, -0.2) is 10.9 Å². The molecule has 1 unspecified atom stereocenters. The molecule has 2 aromatic rings. The van der Waals surface area contributed by atoms with E-state index in [0.717, 1.165) is 5.56 Å². The van der Waals surface area contributed by atoms with Gasteiger partial charge in [-0.05, 0) is 5.56 Å². The van der Waals surface area contributed by atoms with Gasteiger partial charge in [-0.25, -0.2) is 0 Å². The minimum absolute atomic E-state index is 0.329. The first-order valence-corrected chi connectivity index (χ1v) is 6.08. The van der Waals surface area contributed by atoms with Gasteiger partial charge in [0.05, 0.1) is 0 Å². The molecular weight excluding hydrogens is 238 g/mol. The van der Waals surface area contributed by atoms with Crippen LogP contribution in [-0.2, 0) is 10.5 Å². The van der Waals surface area contributed by atoms with Crippen LogP contribution in [0, 0.1) is 0 Å². The fraction of sp³-hybridized carbons (Fsp3) is 0.0625. The van der Waals surface area contributed by atoms with E-state index in [1.807, 2.05) is 36.4 Å². The number of benzene rings is 2. The topological polar surface area (TPSA) is 49.3 Å². The Labute approximate surface area is 111 Å². The summed E-state index contributed by atoms with van der Waals surface area (Å²) in [5.41, 5.74) is 0.174. The van der Waals surface area contributed by atoms with Crippen LogP contribution in [0.15, 0.2) is 66.9 Å². The predicted octanol–water partition coefficient (Wildman–Crippen LogP) is 2.05. The van der Waals surface area contributed by atoms with Gasteiger partial charge in [0.15, 0.2) is 0 Å². The van der Waals surface area contributed by atoms with E-state index in [1.54, 1.807) is 30.5 Å². The smallest absolute Gasteiger partial charge is 0.227 e. The molecule has 0 amide bonds. The Morgan fingerprint density at radius 1 is 0.895 bits per heavy atom. The van der Waals surface area contributed by atoms with Crippen LogP contribution >= 0.6 is 0 Å². The van der Waals surface area contributed by atoms with Gasteiger partial charge in [-0.15, -0.1) is 0 Å². The second kappa shape index (κ2) is 4.37. The highest BCUT2D eigenvalue weighted by Crippen LogP contribution is 2.31. The van der Waals surface area contributed by atoms with Crippen LogP contribution < -0.4 is 5.32 Å². The largest absolute Gasteiger partial charge is 0.361 e. The van der Waals surface area contributed by atoms with Crippen molar-refractivity contribution in [2.75, 3.05) is 0 Å². The van der Waals surface area contributed by atoms with Gasteiger partial charge < -0.3 is 10.4 Å². The monoisotopic (exact) mass is 251 g/mol. The lowest BCUT2D eigenvalue weighted by molar-refractivity contribution is -0.132. The van der Waals surface area contributed by atoms with E-state index in [0.29, 0.717) is 11.1 Å². The molecule has 3 heteroatoms. The quantitative estimate of drug-likeness (QED) is 0.858. The molecule has 94 valence electrons. The zero-order valence-corrected chi connectivity index (χ0v) is 10.2. The number of Topliss-reactive ketones (excluding diaryl/α,β-unsaturated/α-hetero) is 1. The second-order valence-corrected chi connectivity index (χ2v) is 4.47. The van der Waals surface area contributed by atoms with Crippen LogP contribution in [0.25, 0.3) is 5.57 Å². The molecule has 0 saturated carbocycles. The lowest BCUT2D eigenvalue weighted by Crippen LogP contribution is -2.42. The Hall–Kier alpha value is -2.39. The number of carbonyl (C=O) groups excluding carboxylic acids is 1. The molecule has 2 N–H and O–H groups in total. The van der Waals surface area contributed by atoms with E-state index in [2.05, 4.69) is 5.32 Å². The Morgan fingerprint density at radius 2 is 1.47 bits per heavy atom. The molecule has 0 aliphatic carbocycles. The van der Waals surface area contributed by atoms with Crippen molar-refractivity contribution in [1.29, 1.82) is 0 Å². The van der Waals surface area contributed by atoms with Gasteiger partial charge in [0.2, 0.25) is 11.5 Å². The van der Waals surface area contributed by atoms with E-state index in [-0.39, 0.29) is 5.78 Å². The third-order valence-corrected chi connectivity index (χ3v) is 3.27. The number of carbonyl (C=O) groups is 1. The van der Waals surface area contributed by atoms with Crippen LogP contribution in [0.2, 0.25) is 0 Å². The SMILES string of the molecule is O=C1C(c2ccccc2)=CNC1(O)c1ccccc1. The van der Waals surface area contributed by atoms with Crippen molar-refractivity contribution in [3.05, 3.63) is 78.0 Å². The van der Waals surface area contributed by atoms with Crippen molar-refractivity contribution < 1.29 is 9.90 Å². The predicted molar refractivity (Wildman–Crippen MR) is 72.9 cm³/mol. The number of hydrogen-bond acceptors (Lipinski definition) is 3. The van der Waals surface area contributed by atoms with Crippen LogP contribution in [0.4, 0.5) is 0 Å². The number of nitrogens with one attached hydrogen (secondary N) is 1. The summed E-state index contributed by atoms with van der Waals surface area (Å²) in [6.07, 6.45) is 1.57. The van der Waals surface area contributed by atoms with E-state index in [4.69, 9.17) is 0 Å². The number of aliphatic hydroxyl groups is 1. The first-order valence-electron chi connectivity index (χ1n) is 6.08. The third kappa shape index (κ3) is 1.84. The third-order valence-electron chi connectivity index (χ3n) is 3.27. The van der Waals surface area contributed by atoms with Crippen molar-refractivity contribution in [2.45, 2.75) is 5.72 Å². The summed E-state index contributed by atoms with van der Waals surface area (Å²) in [6, 6.07) is 18.2. The molecule has 1 heterocycles. The minimum Gasteiger partial charge on any atom is -0.361 e. The first-order chi connectivity index (χ1) is 9.22. The molecule has 0 bridgehead atoms. The van der Waals surface area contributed by atoms with Gasteiger partial charge in [0.1, 0.15) is 0 Å². The summed E-state index contributed by atoms with van der Waals surface area (Å²) in [4.78, 5) is 12.4. The number of ketones is 1. The molecule has 1 atom stereocenters. The van der Waals surface area contributed by atoms with Gasteiger partial charge in [0.25, 0.3) is 0 Å². The lowest BCUT2D eigenvalue weighted by atomic mass is 9.94. The Kier molecular flexibility index (Phi) is 2.69. The van der Waals surface area contributed by atoms with Crippen molar-refractivity contribution >= 4 is 11.4 Å². The summed E-state index contributed by atoms with van der Waals surface area (Å²) in [7, 11) is 0. The molecule has 0 saturated heterocycles. The standard InChI is InChI=1S/C16H13NO2/c18-15-14(12-7-3-1-4-8-12)11-17-16(15,19)13-9-5-2-6-10-13/h1-11,17,19H. The van der Waals surface area contributed by atoms with Crippen LogP contribution in [0.3, 0.4) is 0 Å².